The fourth-order valence-electron chi connectivity index (χ4n) is 12.1. The van der Waals surface area contributed by atoms with Gasteiger partial charge in [0.15, 0.2) is 44.9 Å². The molecular formula is C75H60F13N11O6. The lowest BCUT2D eigenvalue weighted by Gasteiger charge is -2.36. The van der Waals surface area contributed by atoms with Gasteiger partial charge in [-0.1, -0.05) is 24.3 Å². The third kappa shape index (κ3) is 16.7. The third-order valence-corrected chi connectivity index (χ3v) is 16.4. The Hall–Kier alpha value is -11.8. The van der Waals surface area contributed by atoms with E-state index in [0.29, 0.717) is 62.5 Å². The van der Waals surface area contributed by atoms with E-state index in [4.69, 9.17) is 14.2 Å². The van der Waals surface area contributed by atoms with Crippen molar-refractivity contribution < 1.29 is 71.3 Å². The molecule has 105 heavy (non-hydrogen) atoms. The first kappa shape index (κ1) is 73.0. The highest BCUT2D eigenvalue weighted by molar-refractivity contribution is 5.88. The van der Waals surface area contributed by atoms with Crippen molar-refractivity contribution in [3.63, 3.8) is 0 Å². The molecule has 2 fully saturated rings. The normalized spacial score (nSPS) is 14.8. The Morgan fingerprint density at radius 2 is 0.905 bits per heavy atom. The number of hydrogen-bond acceptors (Lipinski definition) is 14. The minimum absolute atomic E-state index is 0.00517. The number of nitrogens with one attached hydrogen (secondary N) is 3. The number of hydrogen-bond donors (Lipinski definition) is 3. The van der Waals surface area contributed by atoms with Crippen LogP contribution in [0.25, 0.3) is 50.2 Å². The van der Waals surface area contributed by atoms with Gasteiger partial charge in [-0.25, -0.2) is 40.7 Å². The fraction of sp³-hybridized carbons (Fsp3) is 0.200. The van der Waals surface area contributed by atoms with E-state index >= 15 is 4.39 Å². The van der Waals surface area contributed by atoms with Gasteiger partial charge in [-0.15, -0.1) is 0 Å². The Morgan fingerprint density at radius 1 is 0.457 bits per heavy atom. The molecule has 0 saturated carbocycles. The van der Waals surface area contributed by atoms with Gasteiger partial charge >= 0.3 is 12.4 Å². The molecule has 2 atom stereocenters. The molecule has 12 aromatic rings. The smallest absolute Gasteiger partial charge is 0.417 e. The minimum Gasteiger partial charge on any atom is -0.475 e. The summed E-state index contributed by atoms with van der Waals surface area (Å²) in [5, 5.41) is 7.51. The topological polar surface area (TPSA) is 175 Å². The highest BCUT2D eigenvalue weighted by Crippen LogP contribution is 2.40. The monoisotopic (exact) mass is 1460 g/mol. The predicted octanol–water partition coefficient (Wildman–Crippen LogP) is 16.6. The van der Waals surface area contributed by atoms with E-state index in [1.807, 2.05) is 13.8 Å². The number of morpholine rings is 2. The lowest BCUT2D eigenvalue weighted by Crippen LogP contribution is -2.46. The van der Waals surface area contributed by atoms with E-state index in [9.17, 15) is 67.1 Å². The molecule has 2 aliphatic heterocycles. The van der Waals surface area contributed by atoms with Crippen LogP contribution in [0.5, 0.6) is 5.88 Å². The average Bonchev–Trinajstić information content (AvgIpc) is 0.752. The number of anilines is 8. The maximum atomic E-state index is 15.2. The molecular weight excluding hydrogens is 1400 g/mol. The molecule has 3 N–H and O–H groups in total. The summed E-state index contributed by atoms with van der Waals surface area (Å²) in [6.07, 6.45) is -10.5. The van der Waals surface area contributed by atoms with E-state index in [1.165, 1.54) is 129 Å². The van der Waals surface area contributed by atoms with Crippen molar-refractivity contribution in [2.24, 2.45) is 0 Å². The highest BCUT2D eigenvalue weighted by atomic mass is 19.4. The molecule has 0 bridgehead atoms. The molecule has 542 valence electrons. The van der Waals surface area contributed by atoms with Crippen molar-refractivity contribution >= 4 is 79.3 Å². The maximum absolute atomic E-state index is 15.2. The Balaban J connectivity index is 0.000000148. The average molecular weight is 1460 g/mol. The van der Waals surface area contributed by atoms with Crippen LogP contribution in [0.15, 0.2) is 196 Å². The molecule has 0 spiro atoms. The van der Waals surface area contributed by atoms with Crippen LogP contribution in [0.3, 0.4) is 0 Å². The summed E-state index contributed by atoms with van der Waals surface area (Å²) >= 11 is 0. The van der Waals surface area contributed by atoms with Crippen LogP contribution >= 0.6 is 0 Å². The van der Waals surface area contributed by atoms with Crippen LogP contribution in [0, 0.1) is 40.7 Å². The van der Waals surface area contributed by atoms with Gasteiger partial charge in [0.1, 0.15) is 58.2 Å². The zero-order valence-corrected chi connectivity index (χ0v) is 55.7. The summed E-state index contributed by atoms with van der Waals surface area (Å²) in [5.41, 5.74) is -3.52. The molecule has 14 rings (SSSR count). The molecule has 17 nitrogen and oxygen atoms in total. The van der Waals surface area contributed by atoms with Crippen LogP contribution in [-0.4, -0.2) is 86.4 Å². The quantitative estimate of drug-likeness (QED) is 0.0930. The Labute approximate surface area is 588 Å². The standard InChI is InChI=1S/C26H23F3N4O2.C25H19F5N4O2.C24H18F5N3O2/c1-15-13-32(14-16(2)35-15)26-22(29)11-21-23(34)12-24(30-19-7-3-5-17(27)9-19)33(25(21)31-26)20-8-4-6-18(28)10-20;26-15-3-1-5-17(11-15)31-22-14-20(35)23-19(25(28,29)30)13-21(33-7-9-36-10-8-33)32-24(23)34(22)18-6-2-4-16(27)12-18;1-13(2)34-21-11-18(24(27,28)29)22-19(33)12-20(30-16-7-3-14(25)4-8-16)32(23(22)31-21)17-9-5-15(26)6-10-17/h3-12,15-16,30H,13-14H2,1-2H3;1-6,11-14,31H,7-10H2;3-13,30H,1-2H3/t15-,16+;;. The number of fused-ring (bicyclic) bond motifs is 3. The molecule has 6 aromatic carbocycles. The number of benzene rings is 6. The summed E-state index contributed by atoms with van der Waals surface area (Å²) in [4.78, 5) is 55.7. The van der Waals surface area contributed by atoms with E-state index in [-0.39, 0.29) is 86.6 Å². The molecule has 8 heterocycles. The van der Waals surface area contributed by atoms with Gasteiger partial charge in [0, 0.05) is 73.2 Å². The zero-order chi connectivity index (χ0) is 74.8. The second kappa shape index (κ2) is 30.3. The van der Waals surface area contributed by atoms with Crippen LogP contribution < -0.4 is 46.8 Å². The van der Waals surface area contributed by atoms with Gasteiger partial charge in [-0.2, -0.15) is 31.3 Å². The van der Waals surface area contributed by atoms with E-state index < -0.39 is 97.4 Å². The van der Waals surface area contributed by atoms with Crippen LogP contribution in [0.4, 0.5) is 103 Å². The van der Waals surface area contributed by atoms with E-state index in [1.54, 1.807) is 35.8 Å². The van der Waals surface area contributed by atoms with Gasteiger partial charge in [0.05, 0.1) is 70.2 Å². The summed E-state index contributed by atoms with van der Waals surface area (Å²) < 4.78 is 203. The molecule has 2 aliphatic rings. The summed E-state index contributed by atoms with van der Waals surface area (Å²) in [5.74, 6) is -3.84. The second-order valence-corrected chi connectivity index (χ2v) is 24.5. The van der Waals surface area contributed by atoms with Crippen molar-refractivity contribution in [2.45, 2.75) is 58.4 Å². The van der Waals surface area contributed by atoms with Gasteiger partial charge in [-0.05, 0) is 161 Å². The summed E-state index contributed by atoms with van der Waals surface area (Å²) in [7, 11) is 0. The SMILES string of the molecule is CC(C)Oc1cc(C(F)(F)F)c2c(=O)cc(Nc3ccc(F)cc3)n(-c3ccc(F)cc3)c2n1.C[C@@H]1CN(c2nc3c(cc2F)c(=O)cc(Nc2cccc(F)c2)n3-c2cccc(F)c2)C[C@H](C)O1.O=c1cc(Nc2cccc(F)c2)n(-c2cccc(F)c2)c2nc(N3CCOCC3)cc(C(F)(F)F)c12. The van der Waals surface area contributed by atoms with Crippen molar-refractivity contribution in [3.8, 4) is 22.9 Å². The van der Waals surface area contributed by atoms with E-state index in [2.05, 4.69) is 30.9 Å². The van der Waals surface area contributed by atoms with E-state index in [0.717, 1.165) is 48.5 Å². The number of alkyl halides is 6. The molecule has 0 radical (unpaired) electrons. The molecule has 6 aromatic heterocycles. The maximum Gasteiger partial charge on any atom is 0.417 e. The molecule has 0 aliphatic carbocycles. The lowest BCUT2D eigenvalue weighted by atomic mass is 10.1. The van der Waals surface area contributed by atoms with Gasteiger partial charge in [-0.3, -0.25) is 28.1 Å². The van der Waals surface area contributed by atoms with Crippen LogP contribution in [-0.2, 0) is 21.8 Å². The van der Waals surface area contributed by atoms with Crippen molar-refractivity contribution in [2.75, 3.05) is 65.1 Å². The first-order valence-electron chi connectivity index (χ1n) is 32.4. The van der Waals surface area contributed by atoms with Crippen molar-refractivity contribution in [3.05, 3.63) is 265 Å². The number of aromatic nitrogens is 6. The lowest BCUT2D eigenvalue weighted by molar-refractivity contribution is -0.137. The summed E-state index contributed by atoms with van der Waals surface area (Å²) in [6.45, 7) is 9.10. The number of pyridine rings is 6. The Kier molecular flexibility index (Phi) is 21.0. The third-order valence-electron chi connectivity index (χ3n) is 16.4. The Morgan fingerprint density at radius 3 is 1.40 bits per heavy atom. The number of halogens is 13. The zero-order valence-electron chi connectivity index (χ0n) is 55.7. The van der Waals surface area contributed by atoms with Gasteiger partial charge < -0.3 is 40.0 Å². The molecule has 30 heteroatoms. The highest BCUT2D eigenvalue weighted by Gasteiger charge is 2.38. The van der Waals surface area contributed by atoms with Crippen LogP contribution in [0.2, 0.25) is 0 Å². The number of rotatable bonds is 13. The van der Waals surface area contributed by atoms with Gasteiger partial charge in [0.2, 0.25) is 5.88 Å². The molecule has 0 unspecified atom stereocenters. The Bertz CT molecular complexity index is 5410. The largest absolute Gasteiger partial charge is 0.475 e. The second-order valence-electron chi connectivity index (χ2n) is 24.5. The van der Waals surface area contributed by atoms with Crippen molar-refractivity contribution in [1.29, 1.82) is 0 Å². The number of ether oxygens (including phenoxy) is 3. The van der Waals surface area contributed by atoms with Crippen molar-refractivity contribution in [1.82, 2.24) is 28.7 Å². The number of nitrogens with zero attached hydrogens (tertiary/aromatic N) is 8. The molecule has 0 amide bonds. The predicted molar refractivity (Wildman–Crippen MR) is 372 cm³/mol. The van der Waals surface area contributed by atoms with Gasteiger partial charge in [0.25, 0.3) is 0 Å². The first-order chi connectivity index (χ1) is 50.0. The first-order valence-corrected chi connectivity index (χ1v) is 32.4. The van der Waals surface area contributed by atoms with Crippen LogP contribution in [0.1, 0.15) is 38.8 Å². The fourth-order valence-corrected chi connectivity index (χ4v) is 12.1. The summed E-state index contributed by atoms with van der Waals surface area (Å²) in [6, 6.07) is 37.9. The minimum atomic E-state index is -4.87. The molecule has 2 saturated heterocycles.